The van der Waals surface area contributed by atoms with Gasteiger partial charge in [-0.1, -0.05) is 19.8 Å². The monoisotopic (exact) mass is 241 g/mol. The first kappa shape index (κ1) is 13.3. The summed E-state index contributed by atoms with van der Waals surface area (Å²) < 4.78 is 11.4. The summed E-state index contributed by atoms with van der Waals surface area (Å²) in [6, 6.07) is 0.255. The Bertz CT molecular complexity index is 216. The van der Waals surface area contributed by atoms with Gasteiger partial charge in [0.1, 0.15) is 0 Å². The van der Waals surface area contributed by atoms with Gasteiger partial charge in [-0.15, -0.1) is 0 Å². The lowest BCUT2D eigenvalue weighted by atomic mass is 9.82. The molecule has 1 heterocycles. The van der Waals surface area contributed by atoms with E-state index in [1.807, 2.05) is 0 Å². The van der Waals surface area contributed by atoms with Crippen molar-refractivity contribution in [1.82, 2.24) is 0 Å². The third-order valence-corrected chi connectivity index (χ3v) is 4.22. The molecule has 0 aromatic carbocycles. The Labute approximate surface area is 105 Å². The van der Waals surface area contributed by atoms with E-state index in [0.29, 0.717) is 12.0 Å². The van der Waals surface area contributed by atoms with Crippen LogP contribution in [0.3, 0.4) is 0 Å². The smallest absolute Gasteiger partial charge is 0.0728 e. The van der Waals surface area contributed by atoms with Crippen LogP contribution < -0.4 is 5.73 Å². The standard InChI is InChI=1S/C14H27NO2/c1-2-3-11-4-5-13(15)14(8-11)17-10-12-6-7-16-9-12/h11-14H,2-10,15H2,1H3. The van der Waals surface area contributed by atoms with Crippen LogP contribution in [-0.4, -0.2) is 32.0 Å². The Morgan fingerprint density at radius 1 is 1.24 bits per heavy atom. The van der Waals surface area contributed by atoms with E-state index < -0.39 is 0 Å². The SMILES string of the molecule is CCCC1CCC(N)C(OCC2CCOC2)C1. The highest BCUT2D eigenvalue weighted by atomic mass is 16.5. The molecule has 3 heteroatoms. The van der Waals surface area contributed by atoms with Crippen LogP contribution in [0.25, 0.3) is 0 Å². The van der Waals surface area contributed by atoms with E-state index in [4.69, 9.17) is 15.2 Å². The van der Waals surface area contributed by atoms with Gasteiger partial charge in [0.05, 0.1) is 19.3 Å². The Kier molecular flexibility index (Phi) is 5.26. The van der Waals surface area contributed by atoms with E-state index in [1.165, 1.54) is 25.7 Å². The van der Waals surface area contributed by atoms with E-state index in [1.54, 1.807) is 0 Å². The average molecular weight is 241 g/mol. The minimum Gasteiger partial charge on any atom is -0.381 e. The molecule has 1 saturated carbocycles. The van der Waals surface area contributed by atoms with Gasteiger partial charge in [0.2, 0.25) is 0 Å². The Morgan fingerprint density at radius 2 is 2.12 bits per heavy atom. The minimum absolute atomic E-state index is 0.255. The molecule has 100 valence electrons. The average Bonchev–Trinajstić information content (AvgIpc) is 2.83. The summed E-state index contributed by atoms with van der Waals surface area (Å²) in [6.45, 7) is 4.89. The van der Waals surface area contributed by atoms with E-state index in [-0.39, 0.29) is 6.04 Å². The molecule has 2 fully saturated rings. The molecule has 4 unspecified atom stereocenters. The highest BCUT2D eigenvalue weighted by Crippen LogP contribution is 2.29. The normalized spacial score (nSPS) is 38.5. The quantitative estimate of drug-likeness (QED) is 0.803. The third kappa shape index (κ3) is 3.94. The van der Waals surface area contributed by atoms with E-state index in [0.717, 1.165) is 38.6 Å². The second kappa shape index (κ2) is 6.72. The van der Waals surface area contributed by atoms with Crippen LogP contribution in [0.5, 0.6) is 0 Å². The Balaban J connectivity index is 1.72. The molecule has 0 bridgehead atoms. The Hall–Kier alpha value is -0.120. The van der Waals surface area contributed by atoms with Crippen molar-refractivity contribution >= 4 is 0 Å². The van der Waals surface area contributed by atoms with Gasteiger partial charge in [-0.25, -0.2) is 0 Å². The second-order valence-electron chi connectivity index (χ2n) is 5.73. The second-order valence-corrected chi connectivity index (χ2v) is 5.73. The summed E-state index contributed by atoms with van der Waals surface area (Å²) >= 11 is 0. The molecule has 1 aliphatic heterocycles. The van der Waals surface area contributed by atoms with Crippen molar-refractivity contribution in [3.05, 3.63) is 0 Å². The number of rotatable bonds is 5. The zero-order chi connectivity index (χ0) is 12.1. The molecule has 0 spiro atoms. The molecule has 2 aliphatic rings. The van der Waals surface area contributed by atoms with Gasteiger partial charge in [-0.2, -0.15) is 0 Å². The van der Waals surface area contributed by atoms with Crippen molar-refractivity contribution in [2.75, 3.05) is 19.8 Å². The highest BCUT2D eigenvalue weighted by molar-refractivity contribution is 4.83. The van der Waals surface area contributed by atoms with Gasteiger partial charge in [-0.3, -0.25) is 0 Å². The first-order valence-corrected chi connectivity index (χ1v) is 7.24. The Morgan fingerprint density at radius 3 is 2.82 bits per heavy atom. The number of hydrogen-bond donors (Lipinski definition) is 1. The molecule has 0 aromatic heterocycles. The molecular formula is C14H27NO2. The molecule has 3 nitrogen and oxygen atoms in total. The van der Waals surface area contributed by atoms with Crippen LogP contribution in [-0.2, 0) is 9.47 Å². The lowest BCUT2D eigenvalue weighted by Gasteiger charge is -2.34. The first-order chi connectivity index (χ1) is 8.29. The fraction of sp³-hybridized carbons (Fsp3) is 1.00. The zero-order valence-corrected chi connectivity index (χ0v) is 11.1. The van der Waals surface area contributed by atoms with Crippen molar-refractivity contribution in [3.8, 4) is 0 Å². The summed E-state index contributed by atoms with van der Waals surface area (Å²) in [5, 5.41) is 0. The van der Waals surface area contributed by atoms with Crippen molar-refractivity contribution in [3.63, 3.8) is 0 Å². The summed E-state index contributed by atoms with van der Waals surface area (Å²) in [5.41, 5.74) is 6.17. The molecular weight excluding hydrogens is 214 g/mol. The summed E-state index contributed by atoms with van der Waals surface area (Å²) in [6.07, 6.45) is 7.66. The topological polar surface area (TPSA) is 44.5 Å². The van der Waals surface area contributed by atoms with E-state index in [2.05, 4.69) is 6.92 Å². The lowest BCUT2D eigenvalue weighted by Crippen LogP contribution is -2.42. The lowest BCUT2D eigenvalue weighted by molar-refractivity contribution is -0.0190. The molecule has 2 rings (SSSR count). The van der Waals surface area contributed by atoms with Crippen LogP contribution in [0.1, 0.15) is 45.4 Å². The highest BCUT2D eigenvalue weighted by Gasteiger charge is 2.29. The van der Waals surface area contributed by atoms with Crippen LogP contribution in [0.2, 0.25) is 0 Å². The number of nitrogens with two attached hydrogens (primary N) is 1. The van der Waals surface area contributed by atoms with Crippen molar-refractivity contribution < 1.29 is 9.47 Å². The summed E-state index contributed by atoms with van der Waals surface area (Å²) in [5.74, 6) is 1.44. The van der Waals surface area contributed by atoms with Crippen molar-refractivity contribution in [2.45, 2.75) is 57.6 Å². The number of ether oxygens (including phenoxy) is 2. The van der Waals surface area contributed by atoms with Gasteiger partial charge < -0.3 is 15.2 Å². The maximum Gasteiger partial charge on any atom is 0.0728 e. The van der Waals surface area contributed by atoms with Gasteiger partial charge in [0, 0.05) is 18.6 Å². The molecule has 1 saturated heterocycles. The predicted octanol–water partition coefficient (Wildman–Crippen LogP) is 2.34. The molecule has 0 aromatic rings. The van der Waals surface area contributed by atoms with E-state index >= 15 is 0 Å². The molecule has 1 aliphatic carbocycles. The van der Waals surface area contributed by atoms with Gasteiger partial charge >= 0.3 is 0 Å². The van der Waals surface area contributed by atoms with Crippen molar-refractivity contribution in [1.29, 1.82) is 0 Å². The molecule has 0 amide bonds. The fourth-order valence-electron chi connectivity index (χ4n) is 3.07. The minimum atomic E-state index is 0.255. The summed E-state index contributed by atoms with van der Waals surface area (Å²) in [4.78, 5) is 0. The predicted molar refractivity (Wildman–Crippen MR) is 68.9 cm³/mol. The molecule has 0 radical (unpaired) electrons. The number of hydrogen-bond acceptors (Lipinski definition) is 3. The zero-order valence-electron chi connectivity index (χ0n) is 11.1. The van der Waals surface area contributed by atoms with Crippen LogP contribution >= 0.6 is 0 Å². The molecule has 17 heavy (non-hydrogen) atoms. The van der Waals surface area contributed by atoms with Crippen LogP contribution in [0.15, 0.2) is 0 Å². The molecule has 2 N–H and O–H groups in total. The molecule has 4 atom stereocenters. The van der Waals surface area contributed by atoms with Gasteiger partial charge in [0.15, 0.2) is 0 Å². The third-order valence-electron chi connectivity index (χ3n) is 4.22. The fourth-order valence-corrected chi connectivity index (χ4v) is 3.07. The van der Waals surface area contributed by atoms with Gasteiger partial charge in [-0.05, 0) is 31.6 Å². The first-order valence-electron chi connectivity index (χ1n) is 7.24. The van der Waals surface area contributed by atoms with Crippen LogP contribution in [0, 0.1) is 11.8 Å². The summed E-state index contributed by atoms with van der Waals surface area (Å²) in [7, 11) is 0. The maximum absolute atomic E-state index is 6.17. The van der Waals surface area contributed by atoms with Crippen molar-refractivity contribution in [2.24, 2.45) is 17.6 Å². The van der Waals surface area contributed by atoms with Gasteiger partial charge in [0.25, 0.3) is 0 Å². The largest absolute Gasteiger partial charge is 0.381 e. The van der Waals surface area contributed by atoms with E-state index in [9.17, 15) is 0 Å². The maximum atomic E-state index is 6.17. The van der Waals surface area contributed by atoms with Crippen LogP contribution in [0.4, 0.5) is 0 Å².